The first-order valence-corrected chi connectivity index (χ1v) is 15.0. The lowest BCUT2D eigenvalue weighted by molar-refractivity contribution is 0.0949. The highest BCUT2D eigenvalue weighted by molar-refractivity contribution is 8.38. The van der Waals surface area contributed by atoms with Crippen LogP contribution in [0.3, 0.4) is 0 Å². The summed E-state index contributed by atoms with van der Waals surface area (Å²) in [5, 5.41) is 20.5. The number of anilines is 1. The molecule has 0 radical (unpaired) electrons. The number of aliphatic imine (C=N–C) groups is 1. The molecule has 2 aromatic carbocycles. The van der Waals surface area contributed by atoms with E-state index in [0.717, 1.165) is 16.7 Å². The van der Waals surface area contributed by atoms with Crippen molar-refractivity contribution in [3.05, 3.63) is 67.9 Å². The molecule has 1 aliphatic heterocycles. The van der Waals surface area contributed by atoms with Gasteiger partial charge in [-0.3, -0.25) is 9.79 Å². The van der Waals surface area contributed by atoms with E-state index >= 15 is 0 Å². The van der Waals surface area contributed by atoms with Crippen molar-refractivity contribution >= 4 is 80.6 Å². The fraction of sp³-hybridized carbons (Fsp3) is 0.208. The molecule has 42 heavy (non-hydrogen) atoms. The standard InChI is InChI=1S/C24H20Cl3N9O4S2/c1-38-18-3-2-12(6-13(18)10-39-20-15(26)7-14(25)8-16(20)27)9-30-32-23(37)19-17(11-42-24-29-4-5-41-24)36(35-31-19)22-21(28)33-40-34-22/h2-3,6-9H,4-5,10-11H2,1H3,(H2,28,33)(H,32,37)/b30-9+. The molecule has 1 amide bonds. The summed E-state index contributed by atoms with van der Waals surface area (Å²) >= 11 is 21.5. The summed E-state index contributed by atoms with van der Waals surface area (Å²) in [6, 6.07) is 8.36. The van der Waals surface area contributed by atoms with Crippen molar-refractivity contribution in [3.63, 3.8) is 0 Å². The summed E-state index contributed by atoms with van der Waals surface area (Å²) in [6.45, 7) is 0.834. The van der Waals surface area contributed by atoms with E-state index in [4.69, 9.17) is 54.6 Å². The smallest absolute Gasteiger partial charge is 0.293 e. The predicted octanol–water partition coefficient (Wildman–Crippen LogP) is 4.88. The Hall–Kier alpha value is -3.50. The van der Waals surface area contributed by atoms with Crippen LogP contribution in [0, 0.1) is 0 Å². The number of benzene rings is 2. The highest BCUT2D eigenvalue weighted by Crippen LogP contribution is 2.37. The zero-order valence-electron chi connectivity index (χ0n) is 21.6. The largest absolute Gasteiger partial charge is 0.496 e. The van der Waals surface area contributed by atoms with Crippen LogP contribution in [0.5, 0.6) is 11.5 Å². The molecule has 0 unspecified atom stereocenters. The fourth-order valence-electron chi connectivity index (χ4n) is 3.68. The predicted molar refractivity (Wildman–Crippen MR) is 164 cm³/mol. The number of nitrogen functional groups attached to an aromatic ring is 1. The van der Waals surface area contributed by atoms with Crippen LogP contribution in [0.25, 0.3) is 5.82 Å². The third kappa shape index (κ3) is 6.93. The van der Waals surface area contributed by atoms with Crippen molar-refractivity contribution in [1.29, 1.82) is 0 Å². The van der Waals surface area contributed by atoms with Gasteiger partial charge in [0.05, 0.1) is 35.6 Å². The number of nitrogens with zero attached hydrogens (tertiary/aromatic N) is 7. The maximum atomic E-state index is 13.1. The van der Waals surface area contributed by atoms with E-state index in [2.05, 4.69) is 36.1 Å². The van der Waals surface area contributed by atoms with Gasteiger partial charge in [0.15, 0.2) is 11.4 Å². The lowest BCUT2D eigenvalue weighted by Crippen LogP contribution is -2.20. The maximum absolute atomic E-state index is 13.1. The summed E-state index contributed by atoms with van der Waals surface area (Å²) in [4.78, 5) is 17.5. The van der Waals surface area contributed by atoms with Crippen molar-refractivity contribution in [2.24, 2.45) is 10.1 Å². The van der Waals surface area contributed by atoms with Gasteiger partial charge in [-0.15, -0.1) is 5.10 Å². The lowest BCUT2D eigenvalue weighted by Gasteiger charge is -2.13. The van der Waals surface area contributed by atoms with Crippen molar-refractivity contribution in [3.8, 4) is 17.3 Å². The zero-order valence-corrected chi connectivity index (χ0v) is 25.5. The van der Waals surface area contributed by atoms with Crippen LogP contribution in [-0.2, 0) is 12.4 Å². The molecule has 3 heterocycles. The van der Waals surface area contributed by atoms with E-state index in [-0.39, 0.29) is 34.0 Å². The molecule has 0 fully saturated rings. The molecule has 18 heteroatoms. The molecule has 5 rings (SSSR count). The van der Waals surface area contributed by atoms with Crippen molar-refractivity contribution in [1.82, 2.24) is 30.7 Å². The quantitative estimate of drug-likeness (QED) is 0.175. The van der Waals surface area contributed by atoms with Crippen molar-refractivity contribution < 1.29 is 18.9 Å². The number of amides is 1. The number of thioether (sulfide) groups is 2. The summed E-state index contributed by atoms with van der Waals surface area (Å²) in [6.07, 6.45) is 1.46. The first-order chi connectivity index (χ1) is 20.3. The minimum atomic E-state index is -0.590. The number of methoxy groups -OCH3 is 1. The molecular formula is C24H20Cl3N9O4S2. The van der Waals surface area contributed by atoms with E-state index in [1.807, 2.05) is 0 Å². The van der Waals surface area contributed by atoms with E-state index in [1.54, 1.807) is 37.1 Å². The molecule has 3 N–H and O–H groups in total. The minimum absolute atomic E-state index is 0.00334. The number of aromatic nitrogens is 5. The number of carbonyl (C=O) groups is 1. The Balaban J connectivity index is 1.31. The van der Waals surface area contributed by atoms with Gasteiger partial charge in [-0.25, -0.2) is 10.1 Å². The van der Waals surface area contributed by atoms with Gasteiger partial charge in [0, 0.05) is 22.1 Å². The van der Waals surface area contributed by atoms with Crippen LogP contribution < -0.4 is 20.6 Å². The molecule has 2 aromatic heterocycles. The molecule has 13 nitrogen and oxygen atoms in total. The topological polar surface area (TPSA) is 168 Å². The Morgan fingerprint density at radius 2 is 2.07 bits per heavy atom. The number of ether oxygens (including phenoxy) is 2. The highest BCUT2D eigenvalue weighted by atomic mass is 35.5. The Kier molecular flexibility index (Phi) is 9.74. The second kappa shape index (κ2) is 13.6. The van der Waals surface area contributed by atoms with Crippen LogP contribution in [0.4, 0.5) is 5.82 Å². The molecule has 0 saturated carbocycles. The SMILES string of the molecule is COc1ccc(/C=N/NC(=O)c2nnn(-c3nonc3N)c2CSC2=NCCS2)cc1COc1c(Cl)cc(Cl)cc1Cl. The zero-order chi connectivity index (χ0) is 29.6. The van der Waals surface area contributed by atoms with E-state index in [1.165, 1.54) is 34.8 Å². The van der Waals surface area contributed by atoms with Gasteiger partial charge in [-0.05, 0) is 46.2 Å². The van der Waals surface area contributed by atoms with Crippen LogP contribution in [-0.4, -0.2) is 61.2 Å². The van der Waals surface area contributed by atoms with Crippen LogP contribution in [0.15, 0.2) is 45.1 Å². The van der Waals surface area contributed by atoms with Gasteiger partial charge in [-0.2, -0.15) is 9.78 Å². The Labute approximate surface area is 262 Å². The van der Waals surface area contributed by atoms with E-state index < -0.39 is 5.91 Å². The number of hydrogen-bond donors (Lipinski definition) is 2. The number of hydrogen-bond acceptors (Lipinski definition) is 13. The number of rotatable bonds is 10. The Morgan fingerprint density at radius 1 is 1.26 bits per heavy atom. The normalized spacial score (nSPS) is 13.0. The third-order valence-electron chi connectivity index (χ3n) is 5.58. The lowest BCUT2D eigenvalue weighted by atomic mass is 10.1. The maximum Gasteiger partial charge on any atom is 0.293 e. The molecule has 0 aliphatic carbocycles. The van der Waals surface area contributed by atoms with Gasteiger partial charge < -0.3 is 15.2 Å². The number of nitrogens with two attached hydrogens (primary N) is 1. The number of hydrazone groups is 1. The Morgan fingerprint density at radius 3 is 2.76 bits per heavy atom. The molecule has 4 aromatic rings. The molecule has 218 valence electrons. The number of halogens is 3. The molecule has 0 saturated heterocycles. The first kappa shape index (κ1) is 30.0. The van der Waals surface area contributed by atoms with Gasteiger partial charge >= 0.3 is 0 Å². The van der Waals surface area contributed by atoms with Crippen molar-refractivity contribution in [2.45, 2.75) is 12.4 Å². The van der Waals surface area contributed by atoms with Gasteiger partial charge in [-0.1, -0.05) is 63.5 Å². The second-order valence-electron chi connectivity index (χ2n) is 8.31. The Bertz CT molecular complexity index is 1660. The molecule has 0 atom stereocenters. The fourth-order valence-corrected chi connectivity index (χ4v) is 6.60. The third-order valence-corrected chi connectivity index (χ3v) is 8.63. The first-order valence-electron chi connectivity index (χ1n) is 11.9. The van der Waals surface area contributed by atoms with Crippen LogP contribution in [0.1, 0.15) is 27.3 Å². The van der Waals surface area contributed by atoms with E-state index in [0.29, 0.717) is 39.1 Å². The van der Waals surface area contributed by atoms with Gasteiger partial charge in [0.25, 0.3) is 5.91 Å². The summed E-state index contributed by atoms with van der Waals surface area (Å²) < 4.78 is 18.2. The molecule has 0 spiro atoms. The number of carbonyl (C=O) groups excluding carboxylic acids is 1. The average molecular weight is 669 g/mol. The molecule has 0 bridgehead atoms. The van der Waals surface area contributed by atoms with Crippen LogP contribution in [0.2, 0.25) is 15.1 Å². The summed E-state index contributed by atoms with van der Waals surface area (Å²) in [7, 11) is 1.54. The minimum Gasteiger partial charge on any atom is -0.496 e. The van der Waals surface area contributed by atoms with E-state index in [9.17, 15) is 4.79 Å². The number of nitrogens with one attached hydrogen (secondary N) is 1. The van der Waals surface area contributed by atoms with Gasteiger partial charge in [0.1, 0.15) is 16.7 Å². The average Bonchev–Trinajstić information content (AvgIpc) is 3.72. The monoisotopic (exact) mass is 667 g/mol. The summed E-state index contributed by atoms with van der Waals surface area (Å²) in [5.41, 5.74) is 10.1. The molecule has 1 aliphatic rings. The van der Waals surface area contributed by atoms with Gasteiger partial charge in [0.2, 0.25) is 11.6 Å². The highest BCUT2D eigenvalue weighted by Gasteiger charge is 2.25. The van der Waals surface area contributed by atoms with Crippen LogP contribution >= 0.6 is 58.3 Å². The summed E-state index contributed by atoms with van der Waals surface area (Å²) in [5.74, 6) is 1.63. The molecular weight excluding hydrogens is 649 g/mol. The second-order valence-corrected chi connectivity index (χ2v) is 11.9. The van der Waals surface area contributed by atoms with Crippen molar-refractivity contribution in [2.75, 3.05) is 25.1 Å².